The highest BCUT2D eigenvalue weighted by Crippen LogP contribution is 2.19. The number of benzene rings is 1. The van der Waals surface area contributed by atoms with Gasteiger partial charge in [-0.25, -0.2) is 9.78 Å². The van der Waals surface area contributed by atoms with Crippen LogP contribution >= 0.6 is 0 Å². The van der Waals surface area contributed by atoms with Gasteiger partial charge < -0.3 is 9.47 Å². The van der Waals surface area contributed by atoms with Crippen molar-refractivity contribution in [2.75, 3.05) is 25.2 Å². The van der Waals surface area contributed by atoms with Crippen LogP contribution in [0.5, 0.6) is 0 Å². The Morgan fingerprint density at radius 1 is 1.21 bits per heavy atom. The van der Waals surface area contributed by atoms with Crippen LogP contribution in [-0.4, -0.2) is 37.4 Å². The average Bonchev–Trinajstić information content (AvgIpc) is 2.62. The van der Waals surface area contributed by atoms with Crippen molar-refractivity contribution in [3.05, 3.63) is 59.8 Å². The standard InChI is InChI=1S/C19H18N2O3/c1-23-14-17-11-12-21(19(22)24-17)18-10-9-16(13-20-18)8-7-15-5-3-2-4-6-15/h2-6,9-10,13,17H,11-12,14H2,1H3. The maximum absolute atomic E-state index is 12.1. The number of amides is 1. The molecule has 2 aromatic rings. The molecule has 0 saturated carbocycles. The summed E-state index contributed by atoms with van der Waals surface area (Å²) in [4.78, 5) is 17.9. The fourth-order valence-corrected chi connectivity index (χ4v) is 2.43. The number of methoxy groups -OCH3 is 1. The van der Waals surface area contributed by atoms with Crippen LogP contribution in [0.25, 0.3) is 0 Å². The molecule has 0 spiro atoms. The third-order valence-corrected chi connectivity index (χ3v) is 3.66. The summed E-state index contributed by atoms with van der Waals surface area (Å²) in [5.41, 5.74) is 1.75. The molecule has 5 nitrogen and oxygen atoms in total. The van der Waals surface area contributed by atoms with Gasteiger partial charge in [-0.1, -0.05) is 30.0 Å². The number of hydrogen-bond donors (Lipinski definition) is 0. The minimum atomic E-state index is -0.390. The van der Waals surface area contributed by atoms with Crippen molar-refractivity contribution in [3.63, 3.8) is 0 Å². The topological polar surface area (TPSA) is 51.7 Å². The SMILES string of the molecule is COCC1CCN(c2ccc(C#Cc3ccccc3)cn2)C(=O)O1. The second-order valence-corrected chi connectivity index (χ2v) is 5.42. The van der Waals surface area contributed by atoms with Crippen LogP contribution in [0.2, 0.25) is 0 Å². The summed E-state index contributed by atoms with van der Waals surface area (Å²) in [5, 5.41) is 0. The molecule has 1 aromatic carbocycles. The summed E-state index contributed by atoms with van der Waals surface area (Å²) in [7, 11) is 1.59. The van der Waals surface area contributed by atoms with E-state index in [1.165, 1.54) is 4.90 Å². The van der Waals surface area contributed by atoms with Gasteiger partial charge in [-0.05, 0) is 24.3 Å². The summed E-state index contributed by atoms with van der Waals surface area (Å²) in [6.07, 6.45) is 1.81. The fourth-order valence-electron chi connectivity index (χ4n) is 2.43. The van der Waals surface area contributed by atoms with E-state index in [-0.39, 0.29) is 12.2 Å². The van der Waals surface area contributed by atoms with Gasteiger partial charge in [-0.15, -0.1) is 0 Å². The Morgan fingerprint density at radius 3 is 2.67 bits per heavy atom. The molecule has 5 heteroatoms. The molecular weight excluding hydrogens is 304 g/mol. The second-order valence-electron chi connectivity index (χ2n) is 5.42. The Kier molecular flexibility index (Phi) is 5.09. The molecule has 0 aliphatic carbocycles. The van der Waals surface area contributed by atoms with Gasteiger partial charge >= 0.3 is 6.09 Å². The van der Waals surface area contributed by atoms with Gasteiger partial charge in [0.15, 0.2) is 0 Å². The Hall–Kier alpha value is -2.84. The Morgan fingerprint density at radius 2 is 2.00 bits per heavy atom. The molecule has 1 saturated heterocycles. The van der Waals surface area contributed by atoms with Crippen LogP contribution in [0.1, 0.15) is 17.5 Å². The molecule has 122 valence electrons. The molecule has 0 N–H and O–H groups in total. The lowest BCUT2D eigenvalue weighted by Crippen LogP contribution is -2.43. The minimum absolute atomic E-state index is 0.185. The highest BCUT2D eigenvalue weighted by atomic mass is 16.6. The highest BCUT2D eigenvalue weighted by Gasteiger charge is 2.28. The first-order chi connectivity index (χ1) is 11.8. The molecule has 1 unspecified atom stereocenters. The van der Waals surface area contributed by atoms with Gasteiger partial charge in [0.2, 0.25) is 0 Å². The molecular formula is C19H18N2O3. The molecule has 1 aliphatic rings. The van der Waals surface area contributed by atoms with E-state index in [0.717, 1.165) is 17.5 Å². The number of carbonyl (C=O) groups is 1. The third-order valence-electron chi connectivity index (χ3n) is 3.66. The third kappa shape index (κ3) is 3.92. The summed E-state index contributed by atoms with van der Waals surface area (Å²) < 4.78 is 10.3. The Labute approximate surface area is 141 Å². The number of hydrogen-bond acceptors (Lipinski definition) is 4. The molecule has 1 aromatic heterocycles. The predicted molar refractivity (Wildman–Crippen MR) is 90.8 cm³/mol. The smallest absolute Gasteiger partial charge is 0.415 e. The summed E-state index contributed by atoms with van der Waals surface area (Å²) >= 11 is 0. The minimum Gasteiger partial charge on any atom is -0.443 e. The average molecular weight is 322 g/mol. The largest absolute Gasteiger partial charge is 0.443 e. The van der Waals surface area contributed by atoms with Crippen molar-refractivity contribution < 1.29 is 14.3 Å². The van der Waals surface area contributed by atoms with Gasteiger partial charge in [0.25, 0.3) is 0 Å². The lowest BCUT2D eigenvalue weighted by molar-refractivity contribution is 0.0281. The zero-order valence-electron chi connectivity index (χ0n) is 13.4. The quantitative estimate of drug-likeness (QED) is 0.816. The van der Waals surface area contributed by atoms with Crippen LogP contribution in [-0.2, 0) is 9.47 Å². The van der Waals surface area contributed by atoms with Crippen molar-refractivity contribution in [3.8, 4) is 11.8 Å². The molecule has 0 bridgehead atoms. The molecule has 1 amide bonds. The number of carbonyl (C=O) groups excluding carboxylic acids is 1. The number of aromatic nitrogens is 1. The molecule has 24 heavy (non-hydrogen) atoms. The zero-order valence-corrected chi connectivity index (χ0v) is 13.4. The second kappa shape index (κ2) is 7.62. The van der Waals surface area contributed by atoms with E-state index < -0.39 is 0 Å². The maximum atomic E-state index is 12.1. The molecule has 1 atom stereocenters. The summed E-state index contributed by atoms with van der Waals surface area (Å²) in [6, 6.07) is 13.4. The number of nitrogens with zero attached hydrogens (tertiary/aromatic N) is 2. The van der Waals surface area contributed by atoms with Crippen molar-refractivity contribution in [2.45, 2.75) is 12.5 Å². The van der Waals surface area contributed by atoms with E-state index in [1.54, 1.807) is 19.4 Å². The number of ether oxygens (including phenoxy) is 2. The van der Waals surface area contributed by atoms with E-state index in [4.69, 9.17) is 9.47 Å². The van der Waals surface area contributed by atoms with Gasteiger partial charge in [0.05, 0.1) is 6.61 Å². The van der Waals surface area contributed by atoms with Crippen LogP contribution in [0.15, 0.2) is 48.7 Å². The van der Waals surface area contributed by atoms with Crippen molar-refractivity contribution >= 4 is 11.9 Å². The van der Waals surface area contributed by atoms with E-state index >= 15 is 0 Å². The van der Waals surface area contributed by atoms with Gasteiger partial charge in [0.1, 0.15) is 11.9 Å². The van der Waals surface area contributed by atoms with Gasteiger partial charge in [-0.2, -0.15) is 0 Å². The van der Waals surface area contributed by atoms with Gasteiger partial charge in [0, 0.05) is 37.4 Å². The van der Waals surface area contributed by atoms with E-state index in [9.17, 15) is 4.79 Å². The first-order valence-electron chi connectivity index (χ1n) is 7.76. The number of pyridine rings is 1. The first kappa shape index (κ1) is 16.0. The monoisotopic (exact) mass is 322 g/mol. The van der Waals surface area contributed by atoms with Crippen LogP contribution in [0.3, 0.4) is 0 Å². The van der Waals surface area contributed by atoms with Crippen LogP contribution < -0.4 is 4.90 Å². The van der Waals surface area contributed by atoms with Gasteiger partial charge in [-0.3, -0.25) is 4.90 Å². The Balaban J connectivity index is 1.67. The number of anilines is 1. The first-order valence-corrected chi connectivity index (χ1v) is 7.76. The van der Waals surface area contributed by atoms with Crippen molar-refractivity contribution in [2.24, 2.45) is 0 Å². The van der Waals surface area contributed by atoms with Crippen LogP contribution in [0.4, 0.5) is 10.6 Å². The molecule has 1 aliphatic heterocycles. The fraction of sp³-hybridized carbons (Fsp3) is 0.263. The lowest BCUT2D eigenvalue weighted by Gasteiger charge is -2.30. The van der Waals surface area contributed by atoms with E-state index in [2.05, 4.69) is 16.8 Å². The molecule has 2 heterocycles. The summed E-state index contributed by atoms with van der Waals surface area (Å²) in [6.45, 7) is 0.982. The number of cyclic esters (lactones) is 1. The highest BCUT2D eigenvalue weighted by molar-refractivity contribution is 5.87. The predicted octanol–water partition coefficient (Wildman–Crippen LogP) is 2.84. The zero-order chi connectivity index (χ0) is 16.8. The molecule has 1 fully saturated rings. The van der Waals surface area contributed by atoms with Crippen LogP contribution in [0, 0.1) is 11.8 Å². The summed E-state index contributed by atoms with van der Waals surface area (Å²) in [5.74, 6) is 6.71. The maximum Gasteiger partial charge on any atom is 0.415 e. The lowest BCUT2D eigenvalue weighted by atomic mass is 10.2. The molecule has 0 radical (unpaired) electrons. The van der Waals surface area contributed by atoms with E-state index in [1.807, 2.05) is 36.4 Å². The normalized spacial score (nSPS) is 17.0. The Bertz CT molecular complexity index is 748. The van der Waals surface area contributed by atoms with E-state index in [0.29, 0.717) is 19.0 Å². The molecule has 3 rings (SSSR count). The van der Waals surface area contributed by atoms with Crippen molar-refractivity contribution in [1.29, 1.82) is 0 Å². The number of rotatable bonds is 3. The van der Waals surface area contributed by atoms with Crippen molar-refractivity contribution in [1.82, 2.24) is 4.98 Å².